The molecule has 0 aromatic heterocycles. The number of rotatable bonds is 36. The molecular formula is C52H99N13O9. The van der Waals surface area contributed by atoms with Gasteiger partial charge in [-0.3, -0.25) is 38.4 Å². The Balaban J connectivity index is 3.41. The van der Waals surface area contributed by atoms with E-state index in [9.17, 15) is 43.5 Å². The largest absolute Gasteiger partial charge is 0.393 e. The van der Waals surface area contributed by atoms with Crippen molar-refractivity contribution in [2.75, 3.05) is 45.8 Å². The molecule has 0 radical (unpaired) electrons. The van der Waals surface area contributed by atoms with Gasteiger partial charge in [0, 0.05) is 6.54 Å². The molecule has 0 aliphatic carbocycles. The molecule has 7 atom stereocenters. The maximum atomic E-state index is 14.4. The number of allylic oxidation sites excluding steroid dienone is 2. The van der Waals surface area contributed by atoms with E-state index in [1.165, 1.54) is 19.3 Å². The van der Waals surface area contributed by atoms with Gasteiger partial charge in [-0.05, 0) is 180 Å². The van der Waals surface area contributed by atoms with Crippen LogP contribution in [0.2, 0.25) is 0 Å². The summed E-state index contributed by atoms with van der Waals surface area (Å²) in [6.07, 6.45) is 17.8. The molecule has 0 bridgehead atoms. The van der Waals surface area contributed by atoms with E-state index < -0.39 is 96.2 Å². The lowest BCUT2D eigenvalue weighted by Gasteiger charge is -2.28. The third-order valence-corrected chi connectivity index (χ3v) is 12.9. The van der Waals surface area contributed by atoms with Gasteiger partial charge in [0.05, 0.1) is 19.1 Å². The topological polar surface area (TPSA) is 383 Å². The van der Waals surface area contributed by atoms with Crippen LogP contribution >= 0.6 is 0 Å². The second-order valence-corrected chi connectivity index (χ2v) is 19.5. The molecule has 22 nitrogen and oxygen atoms in total. The Morgan fingerprint density at radius 3 is 1.54 bits per heavy atom. The van der Waals surface area contributed by atoms with Crippen molar-refractivity contribution >= 4 is 47.3 Å². The van der Waals surface area contributed by atoms with Crippen LogP contribution in [0.4, 0.5) is 0 Å². The van der Waals surface area contributed by atoms with Gasteiger partial charge in [0.2, 0.25) is 47.3 Å². The highest BCUT2D eigenvalue weighted by Crippen LogP contribution is 2.13. The molecule has 74 heavy (non-hydrogen) atoms. The number of carbonyl (C=O) groups excluding carboxylic acids is 8. The molecule has 19 N–H and O–H groups in total. The maximum absolute atomic E-state index is 14.4. The van der Waals surface area contributed by atoms with Gasteiger partial charge in [-0.15, -0.1) is 0 Å². The second-order valence-electron chi connectivity index (χ2n) is 19.5. The Morgan fingerprint density at radius 2 is 1.04 bits per heavy atom. The smallest absolute Gasteiger partial charge is 0.243 e. The van der Waals surface area contributed by atoms with Crippen molar-refractivity contribution in [2.45, 2.75) is 223 Å². The van der Waals surface area contributed by atoms with E-state index in [0.29, 0.717) is 123 Å². The van der Waals surface area contributed by atoms with Crippen molar-refractivity contribution in [1.29, 1.82) is 0 Å². The molecule has 7 unspecified atom stereocenters. The Bertz CT molecular complexity index is 1640. The van der Waals surface area contributed by atoms with Crippen molar-refractivity contribution in [1.82, 2.24) is 42.5 Å². The number of carbonyl (C=O) groups is 8. The Morgan fingerprint density at radius 1 is 0.568 bits per heavy atom. The lowest BCUT2D eigenvalue weighted by atomic mass is 10.0. The summed E-state index contributed by atoms with van der Waals surface area (Å²) in [6, 6.07) is -6.66. The first-order valence-electron chi connectivity index (χ1n) is 27.9. The predicted molar refractivity (Wildman–Crippen MR) is 288 cm³/mol. The third-order valence-electron chi connectivity index (χ3n) is 12.9. The number of aliphatic hydroxyl groups is 1. The van der Waals surface area contributed by atoms with Gasteiger partial charge in [-0.2, -0.15) is 0 Å². The lowest BCUT2D eigenvalue weighted by Crippen LogP contribution is -2.59. The van der Waals surface area contributed by atoms with Crippen LogP contribution in [-0.2, 0) is 38.4 Å². The Labute approximate surface area is 441 Å². The lowest BCUT2D eigenvalue weighted by molar-refractivity contribution is -0.135. The summed E-state index contributed by atoms with van der Waals surface area (Å²) < 4.78 is 0. The summed E-state index contributed by atoms with van der Waals surface area (Å²) in [5, 5.41) is 32.6. The highest BCUT2D eigenvalue weighted by atomic mass is 16.3. The predicted octanol–water partition coefficient (Wildman–Crippen LogP) is 0.404. The molecule has 22 heteroatoms. The van der Waals surface area contributed by atoms with E-state index in [1.807, 2.05) is 0 Å². The minimum absolute atomic E-state index is 0.0625. The van der Waals surface area contributed by atoms with Crippen molar-refractivity contribution < 1.29 is 43.5 Å². The van der Waals surface area contributed by atoms with Gasteiger partial charge < -0.3 is 76.3 Å². The van der Waals surface area contributed by atoms with E-state index in [0.717, 1.165) is 19.3 Å². The minimum atomic E-state index is -1.22. The fourth-order valence-corrected chi connectivity index (χ4v) is 8.46. The average molecular weight is 1050 g/mol. The highest BCUT2D eigenvalue weighted by Gasteiger charge is 2.33. The number of amides is 8. The summed E-state index contributed by atoms with van der Waals surface area (Å²) in [4.78, 5) is 110. The first-order valence-corrected chi connectivity index (χ1v) is 27.9. The molecule has 1 fully saturated rings. The number of nitrogens with two attached hydrogens (primary N) is 5. The molecule has 426 valence electrons. The maximum Gasteiger partial charge on any atom is 0.243 e. The van der Waals surface area contributed by atoms with Gasteiger partial charge in [0.1, 0.15) is 36.3 Å². The van der Waals surface area contributed by atoms with E-state index in [4.69, 9.17) is 28.7 Å². The molecule has 1 saturated heterocycles. The molecule has 8 amide bonds. The van der Waals surface area contributed by atoms with Gasteiger partial charge >= 0.3 is 0 Å². The van der Waals surface area contributed by atoms with E-state index in [1.54, 1.807) is 0 Å². The third kappa shape index (κ3) is 31.9. The number of aliphatic hydroxyl groups excluding tert-OH is 1. The van der Waals surface area contributed by atoms with Crippen LogP contribution in [0, 0.1) is 0 Å². The average Bonchev–Trinajstić information content (AvgIpc) is 3.37. The van der Waals surface area contributed by atoms with E-state index in [-0.39, 0.29) is 51.5 Å². The SMILES string of the molecule is CCCCCCC=CCCCC(O)CC(=O)NCC(=O)NC(CCCCN)C(=O)NC1CCCCNC(=O)C(CCCCN)NC(=O)C(CCCCN)NC(=O)C(CCCCN)NC(=O)C(CCCCN)NC1=O. The molecule has 0 saturated carbocycles. The molecule has 1 heterocycles. The summed E-state index contributed by atoms with van der Waals surface area (Å²) in [5.74, 6) is -4.85. The van der Waals surface area contributed by atoms with Crippen LogP contribution in [-0.4, -0.2) is 141 Å². The van der Waals surface area contributed by atoms with Crippen molar-refractivity contribution in [2.24, 2.45) is 28.7 Å². The number of unbranched alkanes of at least 4 members (excludes halogenated alkanes) is 10. The van der Waals surface area contributed by atoms with Gasteiger partial charge in [0.25, 0.3) is 0 Å². The summed E-state index contributed by atoms with van der Waals surface area (Å²) in [5.41, 5.74) is 28.8. The van der Waals surface area contributed by atoms with E-state index in [2.05, 4.69) is 61.6 Å². The van der Waals surface area contributed by atoms with Crippen molar-refractivity contribution in [3.8, 4) is 0 Å². The standard InChI is InChI=1S/C52H99N13O9/c1-2-3-4-5-6-7-8-9-10-23-38(66)36-45(67)59-37-46(68)60-40(25-12-18-31-54)48(70)62-44-29-16-22-35-58-47(69)39(24-11-17-30-53)61-49(71)41(26-13-19-32-55)63-50(72)42(27-14-20-33-56)64-51(73)43(65-52(44)74)28-15-21-34-57/h7-8,38-44,66H,2-6,9-37,53-57H2,1H3,(H,58,69)(H,59,67)(H,60,68)(H,61,71)(H,62,70)(H,63,72)(H,64,73)(H,65,74). The zero-order valence-corrected chi connectivity index (χ0v) is 44.8. The van der Waals surface area contributed by atoms with Gasteiger partial charge in [-0.1, -0.05) is 38.3 Å². The zero-order chi connectivity index (χ0) is 54.8. The van der Waals surface area contributed by atoms with Gasteiger partial charge in [-0.25, -0.2) is 0 Å². The van der Waals surface area contributed by atoms with Gasteiger partial charge in [0.15, 0.2) is 0 Å². The molecular weight excluding hydrogens is 951 g/mol. The molecule has 0 spiro atoms. The minimum Gasteiger partial charge on any atom is -0.393 e. The summed E-state index contributed by atoms with van der Waals surface area (Å²) >= 11 is 0. The normalized spacial score (nSPS) is 20.4. The fraction of sp³-hybridized carbons (Fsp3) is 0.808. The molecule has 0 aromatic rings. The number of hydrogen-bond acceptors (Lipinski definition) is 14. The Hall–Kier alpha value is -4.74. The van der Waals surface area contributed by atoms with Crippen LogP contribution < -0.4 is 71.2 Å². The number of nitrogens with one attached hydrogen (secondary N) is 8. The monoisotopic (exact) mass is 1050 g/mol. The summed E-state index contributed by atoms with van der Waals surface area (Å²) in [6.45, 7) is 3.62. The second kappa shape index (κ2) is 43.5. The van der Waals surface area contributed by atoms with Crippen LogP contribution in [0.15, 0.2) is 12.2 Å². The number of hydrogen-bond donors (Lipinski definition) is 14. The van der Waals surface area contributed by atoms with Crippen molar-refractivity contribution in [3.05, 3.63) is 12.2 Å². The molecule has 1 rings (SSSR count). The van der Waals surface area contributed by atoms with Crippen LogP contribution in [0.3, 0.4) is 0 Å². The van der Waals surface area contributed by atoms with Crippen LogP contribution in [0.25, 0.3) is 0 Å². The first kappa shape index (κ1) is 67.3. The molecule has 1 aliphatic heterocycles. The van der Waals surface area contributed by atoms with E-state index >= 15 is 0 Å². The van der Waals surface area contributed by atoms with Crippen LogP contribution in [0.1, 0.15) is 180 Å². The quantitative estimate of drug-likeness (QED) is 0.0299. The van der Waals surface area contributed by atoms with Crippen molar-refractivity contribution in [3.63, 3.8) is 0 Å². The summed E-state index contributed by atoms with van der Waals surface area (Å²) in [7, 11) is 0. The highest BCUT2D eigenvalue weighted by molar-refractivity contribution is 5.97. The zero-order valence-electron chi connectivity index (χ0n) is 44.8. The molecule has 0 aromatic carbocycles. The Kier molecular flexibility index (Phi) is 39.5. The first-order chi connectivity index (χ1) is 35.7. The fourth-order valence-electron chi connectivity index (χ4n) is 8.46. The van der Waals surface area contributed by atoms with Crippen LogP contribution in [0.5, 0.6) is 0 Å². The molecule has 1 aliphatic rings.